The van der Waals surface area contributed by atoms with Gasteiger partial charge in [-0.05, 0) is 18.6 Å². The molecule has 2 heterocycles. The number of hydrogen-bond acceptors (Lipinski definition) is 3. The van der Waals surface area contributed by atoms with Crippen molar-refractivity contribution < 1.29 is 0 Å². The van der Waals surface area contributed by atoms with Gasteiger partial charge in [-0.3, -0.25) is 0 Å². The van der Waals surface area contributed by atoms with Crippen LogP contribution in [0.25, 0.3) is 20.3 Å². The van der Waals surface area contributed by atoms with E-state index >= 15 is 0 Å². The van der Waals surface area contributed by atoms with Crippen LogP contribution in [0.5, 0.6) is 0 Å². The second kappa shape index (κ2) is 2.75. The number of aromatic nitrogens is 2. The van der Waals surface area contributed by atoms with Gasteiger partial charge in [-0.25, -0.2) is 9.97 Å². The van der Waals surface area contributed by atoms with E-state index in [0.29, 0.717) is 0 Å². The van der Waals surface area contributed by atoms with Gasteiger partial charge in [0.15, 0.2) is 0 Å². The standard InChI is InChI=1S/C11H8N2S/c1-7-2-3-8-9(4-7)14-10-5-12-6-13-11(8)10/h2-6H,1H3. The molecule has 3 heteroatoms. The second-order valence-electron chi connectivity index (χ2n) is 3.34. The smallest absolute Gasteiger partial charge is 0.116 e. The summed E-state index contributed by atoms with van der Waals surface area (Å²) in [4.78, 5) is 8.33. The van der Waals surface area contributed by atoms with Crippen molar-refractivity contribution in [2.45, 2.75) is 6.92 Å². The van der Waals surface area contributed by atoms with E-state index in [9.17, 15) is 0 Å². The van der Waals surface area contributed by atoms with Crippen LogP contribution in [-0.2, 0) is 0 Å². The maximum absolute atomic E-state index is 4.30. The molecule has 0 radical (unpaired) electrons. The summed E-state index contributed by atoms with van der Waals surface area (Å²) in [5.74, 6) is 0. The molecule has 0 aliphatic carbocycles. The Morgan fingerprint density at radius 2 is 2.14 bits per heavy atom. The van der Waals surface area contributed by atoms with E-state index in [2.05, 4.69) is 35.1 Å². The molecule has 14 heavy (non-hydrogen) atoms. The highest BCUT2D eigenvalue weighted by molar-refractivity contribution is 7.25. The molecule has 2 nitrogen and oxygen atoms in total. The van der Waals surface area contributed by atoms with Crippen molar-refractivity contribution in [1.82, 2.24) is 9.97 Å². The summed E-state index contributed by atoms with van der Waals surface area (Å²) in [6, 6.07) is 6.45. The van der Waals surface area contributed by atoms with E-state index < -0.39 is 0 Å². The minimum Gasteiger partial charge on any atom is -0.243 e. The van der Waals surface area contributed by atoms with Crippen LogP contribution in [0, 0.1) is 6.92 Å². The van der Waals surface area contributed by atoms with Crippen molar-refractivity contribution in [3.8, 4) is 0 Å². The lowest BCUT2D eigenvalue weighted by Crippen LogP contribution is -1.75. The van der Waals surface area contributed by atoms with E-state index in [1.54, 1.807) is 17.7 Å². The zero-order chi connectivity index (χ0) is 9.54. The van der Waals surface area contributed by atoms with Gasteiger partial charge in [-0.2, -0.15) is 0 Å². The molecule has 0 unspecified atom stereocenters. The molecule has 1 aromatic carbocycles. The molecular weight excluding hydrogens is 192 g/mol. The summed E-state index contributed by atoms with van der Waals surface area (Å²) in [5, 5.41) is 1.23. The molecule has 3 rings (SSSR count). The van der Waals surface area contributed by atoms with Crippen molar-refractivity contribution in [2.75, 3.05) is 0 Å². The zero-order valence-corrected chi connectivity index (χ0v) is 8.51. The van der Waals surface area contributed by atoms with Crippen molar-refractivity contribution in [2.24, 2.45) is 0 Å². The lowest BCUT2D eigenvalue weighted by atomic mass is 10.2. The van der Waals surface area contributed by atoms with Gasteiger partial charge in [-0.1, -0.05) is 12.1 Å². The van der Waals surface area contributed by atoms with E-state index in [-0.39, 0.29) is 0 Å². The third-order valence-electron chi connectivity index (χ3n) is 2.29. The Balaban J connectivity index is 2.57. The van der Waals surface area contributed by atoms with Gasteiger partial charge in [-0.15, -0.1) is 11.3 Å². The molecule has 0 amide bonds. The van der Waals surface area contributed by atoms with E-state index in [4.69, 9.17) is 0 Å². The highest BCUT2D eigenvalue weighted by Gasteiger charge is 2.04. The Morgan fingerprint density at radius 1 is 1.21 bits per heavy atom. The highest BCUT2D eigenvalue weighted by Crippen LogP contribution is 2.31. The normalized spacial score (nSPS) is 11.2. The minimum atomic E-state index is 1.07. The van der Waals surface area contributed by atoms with Gasteiger partial charge >= 0.3 is 0 Å². The SMILES string of the molecule is Cc1ccc2c(c1)sc1cncnc12. The van der Waals surface area contributed by atoms with Crippen LogP contribution in [-0.4, -0.2) is 9.97 Å². The molecule has 0 aliphatic rings. The van der Waals surface area contributed by atoms with Crippen molar-refractivity contribution in [3.63, 3.8) is 0 Å². The molecule has 0 bridgehead atoms. The zero-order valence-electron chi connectivity index (χ0n) is 7.69. The first kappa shape index (κ1) is 7.88. The molecule has 0 fully saturated rings. The van der Waals surface area contributed by atoms with E-state index in [0.717, 1.165) is 10.2 Å². The molecule has 0 saturated carbocycles. The van der Waals surface area contributed by atoms with Crippen molar-refractivity contribution in [1.29, 1.82) is 0 Å². The van der Waals surface area contributed by atoms with Crippen molar-refractivity contribution >= 4 is 31.6 Å². The molecular formula is C11H8N2S. The number of aryl methyl sites for hydroxylation is 1. The Bertz CT molecular complexity index is 613. The van der Waals surface area contributed by atoms with Crippen LogP contribution in [0.4, 0.5) is 0 Å². The van der Waals surface area contributed by atoms with Gasteiger partial charge in [0.1, 0.15) is 6.33 Å². The molecule has 0 N–H and O–H groups in total. The third-order valence-corrected chi connectivity index (χ3v) is 3.37. The van der Waals surface area contributed by atoms with Crippen molar-refractivity contribution in [3.05, 3.63) is 36.3 Å². The Kier molecular flexibility index (Phi) is 1.55. The molecule has 2 aromatic heterocycles. The minimum absolute atomic E-state index is 1.07. The maximum Gasteiger partial charge on any atom is 0.116 e. The number of benzene rings is 1. The summed E-state index contributed by atoms with van der Waals surface area (Å²) in [5.41, 5.74) is 2.36. The monoisotopic (exact) mass is 200 g/mol. The van der Waals surface area contributed by atoms with Crippen LogP contribution in [0.1, 0.15) is 5.56 Å². The summed E-state index contributed by atoms with van der Waals surface area (Å²) in [6.07, 6.45) is 3.48. The molecule has 3 aromatic rings. The number of nitrogens with zero attached hydrogens (tertiary/aromatic N) is 2. The van der Waals surface area contributed by atoms with Crippen LogP contribution in [0.2, 0.25) is 0 Å². The van der Waals surface area contributed by atoms with Crippen LogP contribution in [0.3, 0.4) is 0 Å². The average molecular weight is 200 g/mol. The maximum atomic E-state index is 4.30. The van der Waals surface area contributed by atoms with E-state index in [1.807, 2.05) is 6.20 Å². The predicted octanol–water partition coefficient (Wildman–Crippen LogP) is 3.15. The number of rotatable bonds is 0. The van der Waals surface area contributed by atoms with Crippen LogP contribution < -0.4 is 0 Å². The molecule has 0 aliphatic heterocycles. The van der Waals surface area contributed by atoms with Gasteiger partial charge in [0, 0.05) is 16.3 Å². The van der Waals surface area contributed by atoms with Crippen LogP contribution >= 0.6 is 11.3 Å². The number of thiophene rings is 1. The average Bonchev–Trinajstić information content (AvgIpc) is 2.54. The summed E-state index contributed by atoms with van der Waals surface area (Å²) >= 11 is 1.75. The molecule has 0 spiro atoms. The summed E-state index contributed by atoms with van der Waals surface area (Å²) < 4.78 is 2.45. The first-order valence-corrected chi connectivity index (χ1v) is 5.25. The van der Waals surface area contributed by atoms with E-state index in [1.165, 1.54) is 15.6 Å². The summed E-state index contributed by atoms with van der Waals surface area (Å²) in [7, 11) is 0. The molecule has 0 saturated heterocycles. The Labute approximate surface area is 85.2 Å². The van der Waals surface area contributed by atoms with Gasteiger partial charge in [0.2, 0.25) is 0 Å². The molecule has 68 valence electrons. The lowest BCUT2D eigenvalue weighted by molar-refractivity contribution is 1.23. The number of fused-ring (bicyclic) bond motifs is 3. The van der Waals surface area contributed by atoms with Crippen LogP contribution in [0.15, 0.2) is 30.7 Å². The first-order chi connectivity index (χ1) is 6.84. The predicted molar refractivity (Wildman–Crippen MR) is 59.7 cm³/mol. The molecule has 0 atom stereocenters. The fourth-order valence-electron chi connectivity index (χ4n) is 1.62. The first-order valence-electron chi connectivity index (χ1n) is 4.43. The fourth-order valence-corrected chi connectivity index (χ4v) is 2.75. The van der Waals surface area contributed by atoms with Gasteiger partial charge < -0.3 is 0 Å². The largest absolute Gasteiger partial charge is 0.243 e. The quantitative estimate of drug-likeness (QED) is 0.557. The summed E-state index contributed by atoms with van der Waals surface area (Å²) in [6.45, 7) is 2.11. The second-order valence-corrected chi connectivity index (χ2v) is 4.42. The Hall–Kier alpha value is -1.48. The van der Waals surface area contributed by atoms with Gasteiger partial charge in [0.25, 0.3) is 0 Å². The highest BCUT2D eigenvalue weighted by atomic mass is 32.1. The van der Waals surface area contributed by atoms with Gasteiger partial charge in [0.05, 0.1) is 10.2 Å². The third kappa shape index (κ3) is 1.02. The topological polar surface area (TPSA) is 25.8 Å². The lowest BCUT2D eigenvalue weighted by Gasteiger charge is -1.91. The Morgan fingerprint density at radius 3 is 3.07 bits per heavy atom. The fraction of sp³-hybridized carbons (Fsp3) is 0.0909. The number of hydrogen-bond donors (Lipinski definition) is 0.